The number of aromatic nitrogens is 1. The van der Waals surface area contributed by atoms with E-state index in [4.69, 9.17) is 0 Å². The molecule has 0 aliphatic carbocycles. The Morgan fingerprint density at radius 2 is 1.93 bits per heavy atom. The fraction of sp³-hybridized carbons (Fsp3) is 0.615. The molecule has 1 rings (SSSR count). The van der Waals surface area contributed by atoms with Gasteiger partial charge >= 0.3 is 0 Å². The summed E-state index contributed by atoms with van der Waals surface area (Å²) >= 11 is 0. The quantitative estimate of drug-likeness (QED) is 0.704. The van der Waals surface area contributed by atoms with Gasteiger partial charge in [-0.2, -0.15) is 0 Å². The van der Waals surface area contributed by atoms with Crippen molar-refractivity contribution in [2.75, 3.05) is 0 Å². The van der Waals surface area contributed by atoms with E-state index >= 15 is 0 Å². The zero-order valence-electron chi connectivity index (χ0n) is 9.70. The predicted molar refractivity (Wildman–Crippen MR) is 61.3 cm³/mol. The normalized spacial score (nSPS) is 15.5. The zero-order chi connectivity index (χ0) is 10.6. The summed E-state index contributed by atoms with van der Waals surface area (Å²) in [6.07, 6.45) is 3.12. The Morgan fingerprint density at radius 3 is 2.36 bits per heavy atom. The van der Waals surface area contributed by atoms with Crippen LogP contribution in [0, 0.1) is 11.8 Å². The van der Waals surface area contributed by atoms with Gasteiger partial charge in [-0.15, -0.1) is 0 Å². The van der Waals surface area contributed by atoms with E-state index in [1.165, 1.54) is 12.1 Å². The summed E-state index contributed by atoms with van der Waals surface area (Å²) in [5.74, 6) is 1.98. The lowest BCUT2D eigenvalue weighted by atomic mass is 9.80. The lowest BCUT2D eigenvalue weighted by Crippen LogP contribution is -2.16. The van der Waals surface area contributed by atoms with Gasteiger partial charge in [-0.25, -0.2) is 0 Å². The molecule has 1 aromatic rings. The van der Waals surface area contributed by atoms with Crippen LogP contribution in [0.3, 0.4) is 0 Å². The number of nitrogens with zero attached hydrogens (tertiary/aromatic N) is 1. The van der Waals surface area contributed by atoms with Crippen LogP contribution in [0.4, 0.5) is 0 Å². The summed E-state index contributed by atoms with van der Waals surface area (Å²) < 4.78 is 0. The maximum atomic E-state index is 4.47. The molecule has 1 heterocycles. The van der Waals surface area contributed by atoms with Gasteiger partial charge in [0.2, 0.25) is 0 Å². The predicted octanol–water partition coefficient (Wildman–Crippen LogP) is 3.87. The second-order valence-electron chi connectivity index (χ2n) is 4.41. The molecule has 0 aliphatic rings. The lowest BCUT2D eigenvalue weighted by molar-refractivity contribution is 0.349. The Hall–Kier alpha value is -0.850. The minimum atomic E-state index is 0.598. The van der Waals surface area contributed by atoms with Crippen LogP contribution < -0.4 is 0 Å². The summed E-state index contributed by atoms with van der Waals surface area (Å²) in [6, 6.07) is 6.22. The first-order chi connectivity index (χ1) is 6.66. The van der Waals surface area contributed by atoms with E-state index in [9.17, 15) is 0 Å². The largest absolute Gasteiger partial charge is 0.261 e. The molecule has 0 aromatic carbocycles. The van der Waals surface area contributed by atoms with E-state index in [2.05, 4.69) is 44.8 Å². The van der Waals surface area contributed by atoms with E-state index in [-0.39, 0.29) is 0 Å². The van der Waals surface area contributed by atoms with Crippen LogP contribution in [0.15, 0.2) is 24.4 Å². The van der Waals surface area contributed by atoms with Crippen molar-refractivity contribution in [1.82, 2.24) is 4.98 Å². The maximum Gasteiger partial charge on any atom is 0.0439 e. The molecule has 0 aliphatic heterocycles. The molecule has 2 atom stereocenters. The van der Waals surface area contributed by atoms with Crippen molar-refractivity contribution in [2.45, 2.75) is 40.0 Å². The zero-order valence-corrected chi connectivity index (χ0v) is 9.70. The molecule has 0 amide bonds. The topological polar surface area (TPSA) is 12.9 Å². The van der Waals surface area contributed by atoms with Crippen LogP contribution in [0.2, 0.25) is 0 Å². The van der Waals surface area contributed by atoms with Gasteiger partial charge in [0.1, 0.15) is 0 Å². The highest BCUT2D eigenvalue weighted by atomic mass is 14.7. The highest BCUT2D eigenvalue weighted by Gasteiger charge is 2.22. The summed E-state index contributed by atoms with van der Waals surface area (Å²) in [5, 5.41) is 0. The molecule has 0 saturated carbocycles. The Morgan fingerprint density at radius 1 is 1.21 bits per heavy atom. The maximum absolute atomic E-state index is 4.47. The number of hydrogen-bond acceptors (Lipinski definition) is 1. The van der Waals surface area contributed by atoms with Crippen molar-refractivity contribution in [3.63, 3.8) is 0 Å². The number of pyridine rings is 1. The van der Waals surface area contributed by atoms with Crippen LogP contribution in [-0.2, 0) is 0 Å². The lowest BCUT2D eigenvalue weighted by Gasteiger charge is -2.26. The molecule has 78 valence electrons. The Bertz CT molecular complexity index is 253. The van der Waals surface area contributed by atoms with Crippen LogP contribution >= 0.6 is 0 Å². The van der Waals surface area contributed by atoms with Gasteiger partial charge in [0, 0.05) is 17.8 Å². The minimum Gasteiger partial charge on any atom is -0.261 e. The van der Waals surface area contributed by atoms with Crippen molar-refractivity contribution in [2.24, 2.45) is 11.8 Å². The van der Waals surface area contributed by atoms with Gasteiger partial charge in [0.15, 0.2) is 0 Å². The smallest absolute Gasteiger partial charge is 0.0439 e. The van der Waals surface area contributed by atoms with Gasteiger partial charge < -0.3 is 0 Å². The third kappa shape index (κ3) is 2.57. The van der Waals surface area contributed by atoms with Crippen LogP contribution in [-0.4, -0.2) is 4.98 Å². The van der Waals surface area contributed by atoms with Gasteiger partial charge in [-0.1, -0.05) is 40.2 Å². The Balaban J connectivity index is 2.89. The first-order valence-electron chi connectivity index (χ1n) is 5.57. The standard InChI is InChI=1S/C13H21N/c1-5-11(4)13(10(2)3)12-8-6-7-9-14-12/h6-11,13H,5H2,1-4H3. The summed E-state index contributed by atoms with van der Waals surface area (Å²) in [4.78, 5) is 4.47. The Labute approximate surface area is 87.6 Å². The fourth-order valence-electron chi connectivity index (χ4n) is 2.12. The molecule has 1 nitrogen and oxygen atoms in total. The highest BCUT2D eigenvalue weighted by Crippen LogP contribution is 2.32. The van der Waals surface area contributed by atoms with E-state index in [0.29, 0.717) is 17.8 Å². The highest BCUT2D eigenvalue weighted by molar-refractivity contribution is 5.11. The van der Waals surface area contributed by atoms with E-state index < -0.39 is 0 Å². The minimum absolute atomic E-state index is 0.598. The van der Waals surface area contributed by atoms with Gasteiger partial charge in [0.05, 0.1) is 0 Å². The SMILES string of the molecule is CCC(C)C(c1ccccn1)C(C)C. The molecule has 0 fully saturated rings. The van der Waals surface area contributed by atoms with Crippen LogP contribution in [0.5, 0.6) is 0 Å². The molecule has 0 radical (unpaired) electrons. The molecular weight excluding hydrogens is 170 g/mol. The molecule has 1 aromatic heterocycles. The van der Waals surface area contributed by atoms with Crippen LogP contribution in [0.1, 0.15) is 45.7 Å². The monoisotopic (exact) mass is 191 g/mol. The Kier molecular flexibility index (Phi) is 4.12. The van der Waals surface area contributed by atoms with Crippen molar-refractivity contribution in [1.29, 1.82) is 0 Å². The average Bonchev–Trinajstić information content (AvgIpc) is 2.19. The van der Waals surface area contributed by atoms with E-state index in [0.717, 1.165) is 0 Å². The van der Waals surface area contributed by atoms with Crippen LogP contribution in [0.25, 0.3) is 0 Å². The van der Waals surface area contributed by atoms with Gasteiger partial charge in [-0.3, -0.25) is 4.98 Å². The van der Waals surface area contributed by atoms with Crippen molar-refractivity contribution in [3.05, 3.63) is 30.1 Å². The third-order valence-electron chi connectivity index (χ3n) is 3.00. The van der Waals surface area contributed by atoms with Gasteiger partial charge in [0.25, 0.3) is 0 Å². The summed E-state index contributed by atoms with van der Waals surface area (Å²) in [5.41, 5.74) is 1.25. The van der Waals surface area contributed by atoms with Crippen molar-refractivity contribution < 1.29 is 0 Å². The molecule has 0 N–H and O–H groups in total. The molecule has 1 heteroatoms. The first kappa shape index (κ1) is 11.2. The summed E-state index contributed by atoms with van der Waals surface area (Å²) in [6.45, 7) is 9.14. The van der Waals surface area contributed by atoms with E-state index in [1.807, 2.05) is 12.3 Å². The molecular formula is C13H21N. The number of hydrogen-bond donors (Lipinski definition) is 0. The average molecular weight is 191 g/mol. The molecule has 0 bridgehead atoms. The first-order valence-corrected chi connectivity index (χ1v) is 5.57. The van der Waals surface area contributed by atoms with E-state index in [1.54, 1.807) is 0 Å². The molecule has 0 spiro atoms. The third-order valence-corrected chi connectivity index (χ3v) is 3.00. The second-order valence-corrected chi connectivity index (χ2v) is 4.41. The van der Waals surface area contributed by atoms with Crippen molar-refractivity contribution >= 4 is 0 Å². The molecule has 0 saturated heterocycles. The summed E-state index contributed by atoms with van der Waals surface area (Å²) in [7, 11) is 0. The van der Waals surface area contributed by atoms with Crippen molar-refractivity contribution in [3.8, 4) is 0 Å². The second kappa shape index (κ2) is 5.14. The number of rotatable bonds is 4. The molecule has 14 heavy (non-hydrogen) atoms. The van der Waals surface area contributed by atoms with Gasteiger partial charge in [-0.05, 0) is 24.0 Å². The fourth-order valence-corrected chi connectivity index (χ4v) is 2.12. The molecule has 2 unspecified atom stereocenters.